The summed E-state index contributed by atoms with van der Waals surface area (Å²) in [4.78, 5) is 26.2. The van der Waals surface area contributed by atoms with Gasteiger partial charge in [-0.15, -0.1) is 11.3 Å². The highest BCUT2D eigenvalue weighted by Gasteiger charge is 2.34. The van der Waals surface area contributed by atoms with Crippen LogP contribution in [0.5, 0.6) is 5.75 Å². The molecule has 0 saturated heterocycles. The van der Waals surface area contributed by atoms with E-state index in [-0.39, 0.29) is 22.9 Å². The minimum atomic E-state index is -0.704. The number of carbonyl (C=O) groups is 1. The number of rotatable bonds is 3. The van der Waals surface area contributed by atoms with Gasteiger partial charge in [0.05, 0.1) is 11.3 Å². The number of thiophene rings is 1. The molecule has 1 aliphatic heterocycles. The lowest BCUT2D eigenvalue weighted by atomic mass is 10.1. The first-order valence-electron chi connectivity index (χ1n) is 8.57. The summed E-state index contributed by atoms with van der Waals surface area (Å²) in [6, 6.07) is 12.3. The molecule has 3 heterocycles. The first kappa shape index (κ1) is 18.0. The van der Waals surface area contributed by atoms with Gasteiger partial charge >= 0.3 is 5.63 Å². The van der Waals surface area contributed by atoms with Crippen molar-refractivity contribution in [3.63, 3.8) is 0 Å². The van der Waals surface area contributed by atoms with Crippen molar-refractivity contribution >= 4 is 28.6 Å². The highest BCUT2D eigenvalue weighted by atomic mass is 32.1. The summed E-state index contributed by atoms with van der Waals surface area (Å²) in [5.74, 6) is -0.247. The fourth-order valence-corrected chi connectivity index (χ4v) is 3.89. The second-order valence-electron chi connectivity index (χ2n) is 6.35. The van der Waals surface area contributed by atoms with Gasteiger partial charge in [0.25, 0.3) is 5.91 Å². The molecule has 28 heavy (non-hydrogen) atoms. The number of fused-ring (bicyclic) bond motifs is 1. The van der Waals surface area contributed by atoms with Gasteiger partial charge < -0.3 is 14.8 Å². The van der Waals surface area contributed by atoms with Crippen LogP contribution in [0.3, 0.4) is 0 Å². The van der Waals surface area contributed by atoms with Gasteiger partial charge in [0.1, 0.15) is 17.1 Å². The van der Waals surface area contributed by atoms with Gasteiger partial charge in [-0.05, 0) is 37.4 Å². The number of amides is 1. The summed E-state index contributed by atoms with van der Waals surface area (Å²) in [5, 5.41) is 21.1. The molecule has 142 valence electrons. The maximum absolute atomic E-state index is 13.1. The standard InChI is InChI=1S/C20H17N3O4S/c1-11-10-15(24)17(20(26)27-11)12(2)22-23-18(16-8-5-9-28-16)21-14-7-4-3-6-13(14)19(23)25/h3-10,18,21,24H,1-2H3/b22-12+. The lowest BCUT2D eigenvalue weighted by molar-refractivity contribution is 0.0692. The van der Waals surface area contributed by atoms with Crippen molar-refractivity contribution in [2.75, 3.05) is 5.32 Å². The largest absolute Gasteiger partial charge is 0.507 e. The molecule has 2 aromatic heterocycles. The number of hydrogen-bond acceptors (Lipinski definition) is 7. The quantitative estimate of drug-likeness (QED) is 0.659. The maximum atomic E-state index is 13.1. The average Bonchev–Trinajstić information content (AvgIpc) is 3.17. The van der Waals surface area contributed by atoms with Crippen molar-refractivity contribution in [2.24, 2.45) is 5.10 Å². The molecule has 0 fully saturated rings. The summed E-state index contributed by atoms with van der Waals surface area (Å²) < 4.78 is 5.07. The Balaban J connectivity index is 1.83. The Labute approximate surface area is 164 Å². The molecule has 0 aliphatic carbocycles. The van der Waals surface area contributed by atoms with Crippen LogP contribution < -0.4 is 10.9 Å². The Hall–Kier alpha value is -3.39. The SMILES string of the molecule is C/C(=N\N1C(=O)c2ccccc2NC1c1cccs1)c1c(O)cc(C)oc1=O. The third-order valence-corrected chi connectivity index (χ3v) is 5.31. The van der Waals surface area contributed by atoms with Crippen LogP contribution in [0.1, 0.15) is 39.6 Å². The third-order valence-electron chi connectivity index (χ3n) is 4.39. The molecule has 3 aromatic rings. The summed E-state index contributed by atoms with van der Waals surface area (Å²) in [7, 11) is 0. The molecular formula is C20H17N3O4S. The van der Waals surface area contributed by atoms with E-state index in [1.54, 1.807) is 26.0 Å². The highest BCUT2D eigenvalue weighted by Crippen LogP contribution is 2.35. The topological polar surface area (TPSA) is 95.1 Å². The van der Waals surface area contributed by atoms with E-state index in [9.17, 15) is 14.7 Å². The molecule has 4 rings (SSSR count). The number of para-hydroxylation sites is 1. The van der Waals surface area contributed by atoms with Crippen molar-refractivity contribution < 1.29 is 14.3 Å². The number of nitrogens with zero attached hydrogens (tertiary/aromatic N) is 2. The molecule has 1 aromatic carbocycles. The van der Waals surface area contributed by atoms with Gasteiger partial charge in [0, 0.05) is 16.6 Å². The zero-order valence-electron chi connectivity index (χ0n) is 15.2. The highest BCUT2D eigenvalue weighted by molar-refractivity contribution is 7.10. The molecule has 0 radical (unpaired) electrons. The van der Waals surface area contributed by atoms with Crippen LogP contribution >= 0.6 is 11.3 Å². The Morgan fingerprint density at radius 3 is 2.75 bits per heavy atom. The summed E-state index contributed by atoms with van der Waals surface area (Å²) in [6.07, 6.45) is -0.531. The van der Waals surface area contributed by atoms with Gasteiger partial charge in [0.2, 0.25) is 0 Å². The predicted molar refractivity (Wildman–Crippen MR) is 107 cm³/mol. The summed E-state index contributed by atoms with van der Waals surface area (Å²) in [6.45, 7) is 3.12. The van der Waals surface area contributed by atoms with E-state index in [1.165, 1.54) is 22.4 Å². The van der Waals surface area contributed by atoms with Gasteiger partial charge in [-0.25, -0.2) is 9.80 Å². The van der Waals surface area contributed by atoms with Crippen LogP contribution in [0.4, 0.5) is 5.69 Å². The zero-order chi connectivity index (χ0) is 19.8. The van der Waals surface area contributed by atoms with Crippen LogP contribution in [-0.2, 0) is 0 Å². The number of hydrazone groups is 1. The fourth-order valence-electron chi connectivity index (χ4n) is 3.13. The van der Waals surface area contributed by atoms with E-state index < -0.39 is 11.8 Å². The summed E-state index contributed by atoms with van der Waals surface area (Å²) >= 11 is 1.49. The summed E-state index contributed by atoms with van der Waals surface area (Å²) in [5.41, 5.74) is 0.605. The molecule has 1 atom stereocenters. The second-order valence-corrected chi connectivity index (χ2v) is 7.33. The number of aromatic hydroxyl groups is 1. The molecule has 2 N–H and O–H groups in total. The number of anilines is 1. The fraction of sp³-hybridized carbons (Fsp3) is 0.150. The van der Waals surface area contributed by atoms with Crippen LogP contribution in [-0.4, -0.2) is 21.7 Å². The number of nitrogens with one attached hydrogen (secondary N) is 1. The molecule has 1 amide bonds. The average molecular weight is 395 g/mol. The molecule has 0 saturated carbocycles. The van der Waals surface area contributed by atoms with E-state index in [2.05, 4.69) is 10.4 Å². The van der Waals surface area contributed by atoms with Gasteiger partial charge in [-0.1, -0.05) is 18.2 Å². The van der Waals surface area contributed by atoms with E-state index in [4.69, 9.17) is 4.42 Å². The molecule has 8 heteroatoms. The van der Waals surface area contributed by atoms with Crippen LogP contribution in [0.2, 0.25) is 0 Å². The molecule has 0 spiro atoms. The van der Waals surface area contributed by atoms with Crippen LogP contribution in [0.25, 0.3) is 0 Å². The predicted octanol–water partition coefficient (Wildman–Crippen LogP) is 3.71. The second kappa shape index (κ2) is 6.97. The van der Waals surface area contributed by atoms with Crippen molar-refractivity contribution in [1.82, 2.24) is 5.01 Å². The van der Waals surface area contributed by atoms with E-state index in [0.717, 1.165) is 4.88 Å². The zero-order valence-corrected chi connectivity index (χ0v) is 16.0. The third kappa shape index (κ3) is 3.07. The van der Waals surface area contributed by atoms with Gasteiger partial charge in [-0.2, -0.15) is 5.10 Å². The van der Waals surface area contributed by atoms with Crippen molar-refractivity contribution in [1.29, 1.82) is 0 Å². The van der Waals surface area contributed by atoms with Crippen molar-refractivity contribution in [3.8, 4) is 5.75 Å². The van der Waals surface area contributed by atoms with Crippen molar-refractivity contribution in [3.05, 3.63) is 80.0 Å². The first-order chi connectivity index (χ1) is 13.5. The van der Waals surface area contributed by atoms with Gasteiger partial charge in [0.15, 0.2) is 6.17 Å². The first-order valence-corrected chi connectivity index (χ1v) is 9.45. The van der Waals surface area contributed by atoms with Gasteiger partial charge in [-0.3, -0.25) is 4.79 Å². The Bertz CT molecular complexity index is 1130. The molecule has 1 aliphatic rings. The molecule has 1 unspecified atom stereocenters. The molecule has 7 nitrogen and oxygen atoms in total. The van der Waals surface area contributed by atoms with Crippen LogP contribution in [0.15, 0.2) is 62.2 Å². The lowest BCUT2D eigenvalue weighted by Crippen LogP contribution is -2.40. The van der Waals surface area contributed by atoms with E-state index >= 15 is 0 Å². The number of carbonyl (C=O) groups excluding carboxylic acids is 1. The molecule has 0 bridgehead atoms. The molecular weight excluding hydrogens is 378 g/mol. The van der Waals surface area contributed by atoms with E-state index in [1.807, 2.05) is 29.6 Å². The Kier molecular flexibility index (Phi) is 4.48. The monoisotopic (exact) mass is 395 g/mol. The van der Waals surface area contributed by atoms with Crippen LogP contribution in [0, 0.1) is 6.92 Å². The Morgan fingerprint density at radius 1 is 1.25 bits per heavy atom. The van der Waals surface area contributed by atoms with E-state index in [0.29, 0.717) is 17.0 Å². The minimum absolute atomic E-state index is 0.0674. The lowest BCUT2D eigenvalue weighted by Gasteiger charge is -2.34. The smallest absolute Gasteiger partial charge is 0.348 e. The Morgan fingerprint density at radius 2 is 2.04 bits per heavy atom. The minimum Gasteiger partial charge on any atom is -0.507 e. The maximum Gasteiger partial charge on any atom is 0.348 e. The number of benzene rings is 1. The number of aryl methyl sites for hydroxylation is 1. The van der Waals surface area contributed by atoms with Crippen molar-refractivity contribution in [2.45, 2.75) is 20.0 Å². The normalized spacial score (nSPS) is 16.6. The number of hydrogen-bond donors (Lipinski definition) is 2.